The minimum atomic E-state index is -0.378. The number of esters is 1. The molecule has 5 nitrogen and oxygen atoms in total. The Bertz CT molecular complexity index is 873. The molecule has 1 aromatic heterocycles. The molecule has 0 bridgehead atoms. The van der Waals surface area contributed by atoms with E-state index >= 15 is 0 Å². The number of hydrogen-bond acceptors (Lipinski definition) is 5. The summed E-state index contributed by atoms with van der Waals surface area (Å²) in [6.07, 6.45) is 0. The van der Waals surface area contributed by atoms with Crippen LogP contribution in [0.15, 0.2) is 52.9 Å². The minimum absolute atomic E-state index is 0.0971. The number of carbonyl (C=O) groups excluding carboxylic acids is 1. The summed E-state index contributed by atoms with van der Waals surface area (Å²) in [6, 6.07) is 15.0. The molecule has 0 saturated carbocycles. The van der Waals surface area contributed by atoms with Crippen LogP contribution in [0.2, 0.25) is 0 Å². The van der Waals surface area contributed by atoms with Gasteiger partial charge in [0.25, 0.3) is 0 Å². The number of rotatable bonds is 3. The smallest absolute Gasteiger partial charge is 0.337 e. The van der Waals surface area contributed by atoms with E-state index in [0.717, 1.165) is 11.1 Å². The Hall–Kier alpha value is -2.95. The minimum Gasteiger partial charge on any atom is -0.465 e. The SMILES string of the molecule is COC(=O)c1ccc(-c2nnc(-c3ccc(C(C)(C)C)cc3)o2)cc1. The molecule has 0 aliphatic heterocycles. The van der Waals surface area contributed by atoms with Crippen molar-refractivity contribution in [2.24, 2.45) is 0 Å². The Kier molecular flexibility index (Phi) is 4.40. The topological polar surface area (TPSA) is 65.2 Å². The quantitative estimate of drug-likeness (QED) is 0.659. The summed E-state index contributed by atoms with van der Waals surface area (Å²) in [5, 5.41) is 8.22. The van der Waals surface area contributed by atoms with Gasteiger partial charge in [0.2, 0.25) is 11.8 Å². The van der Waals surface area contributed by atoms with E-state index in [1.807, 2.05) is 12.1 Å². The van der Waals surface area contributed by atoms with Crippen molar-refractivity contribution in [3.8, 4) is 22.9 Å². The van der Waals surface area contributed by atoms with Crippen molar-refractivity contribution in [2.45, 2.75) is 26.2 Å². The summed E-state index contributed by atoms with van der Waals surface area (Å²) < 4.78 is 10.5. The molecule has 0 saturated heterocycles. The van der Waals surface area contributed by atoms with Gasteiger partial charge < -0.3 is 9.15 Å². The third-order valence-electron chi connectivity index (χ3n) is 3.98. The first-order chi connectivity index (χ1) is 11.9. The molecular weight excluding hydrogens is 316 g/mol. The number of hydrogen-bond donors (Lipinski definition) is 0. The highest BCUT2D eigenvalue weighted by molar-refractivity contribution is 5.89. The van der Waals surface area contributed by atoms with Crippen molar-refractivity contribution in [1.82, 2.24) is 10.2 Å². The van der Waals surface area contributed by atoms with Crippen LogP contribution >= 0.6 is 0 Å². The predicted molar refractivity (Wildman–Crippen MR) is 95.2 cm³/mol. The Morgan fingerprint density at radius 1 is 0.880 bits per heavy atom. The van der Waals surface area contributed by atoms with E-state index in [9.17, 15) is 4.79 Å². The fourth-order valence-electron chi connectivity index (χ4n) is 2.44. The van der Waals surface area contributed by atoms with Gasteiger partial charge in [-0.05, 0) is 47.4 Å². The van der Waals surface area contributed by atoms with Gasteiger partial charge in [0, 0.05) is 11.1 Å². The summed E-state index contributed by atoms with van der Waals surface area (Å²) in [6.45, 7) is 6.51. The van der Waals surface area contributed by atoms with Gasteiger partial charge in [-0.3, -0.25) is 0 Å². The van der Waals surface area contributed by atoms with E-state index in [1.54, 1.807) is 24.3 Å². The van der Waals surface area contributed by atoms with E-state index in [4.69, 9.17) is 4.42 Å². The van der Waals surface area contributed by atoms with E-state index < -0.39 is 0 Å². The van der Waals surface area contributed by atoms with Crippen LogP contribution in [0.3, 0.4) is 0 Å². The van der Waals surface area contributed by atoms with Crippen molar-refractivity contribution in [1.29, 1.82) is 0 Å². The van der Waals surface area contributed by atoms with Crippen molar-refractivity contribution >= 4 is 5.97 Å². The van der Waals surface area contributed by atoms with Crippen LogP contribution in [0.5, 0.6) is 0 Å². The van der Waals surface area contributed by atoms with Crippen molar-refractivity contribution in [3.05, 3.63) is 59.7 Å². The van der Waals surface area contributed by atoms with Crippen molar-refractivity contribution in [2.75, 3.05) is 7.11 Å². The molecular formula is C20H20N2O3. The summed E-state index contributed by atoms with van der Waals surface area (Å²) in [4.78, 5) is 11.5. The molecule has 0 aliphatic carbocycles. The number of ether oxygens (including phenoxy) is 1. The molecule has 2 aromatic carbocycles. The second-order valence-electron chi connectivity index (χ2n) is 6.81. The largest absolute Gasteiger partial charge is 0.465 e. The summed E-state index contributed by atoms with van der Waals surface area (Å²) in [7, 11) is 1.35. The molecule has 3 aromatic rings. The number of benzene rings is 2. The first kappa shape index (κ1) is 16.9. The fourth-order valence-corrected chi connectivity index (χ4v) is 2.44. The molecule has 0 fully saturated rings. The Morgan fingerprint density at radius 2 is 1.36 bits per heavy atom. The lowest BCUT2D eigenvalue weighted by molar-refractivity contribution is 0.0600. The Morgan fingerprint density at radius 3 is 1.80 bits per heavy atom. The second kappa shape index (κ2) is 6.51. The lowest BCUT2D eigenvalue weighted by Crippen LogP contribution is -2.10. The van der Waals surface area contributed by atoms with Crippen LogP contribution in [0.1, 0.15) is 36.7 Å². The lowest BCUT2D eigenvalue weighted by Gasteiger charge is -2.18. The first-order valence-corrected chi connectivity index (χ1v) is 8.01. The zero-order chi connectivity index (χ0) is 18.0. The first-order valence-electron chi connectivity index (χ1n) is 8.01. The van der Waals surface area contributed by atoms with Gasteiger partial charge >= 0.3 is 5.97 Å². The van der Waals surface area contributed by atoms with Gasteiger partial charge in [0.15, 0.2) is 0 Å². The normalized spacial score (nSPS) is 11.4. The lowest BCUT2D eigenvalue weighted by atomic mass is 9.87. The predicted octanol–water partition coefficient (Wildman–Crippen LogP) is 4.49. The molecule has 0 spiro atoms. The molecule has 0 atom stereocenters. The second-order valence-corrected chi connectivity index (χ2v) is 6.81. The summed E-state index contributed by atoms with van der Waals surface area (Å²) in [5.41, 5.74) is 3.44. The van der Waals surface area contributed by atoms with Crippen LogP contribution in [0.4, 0.5) is 0 Å². The highest BCUT2D eigenvalue weighted by atomic mass is 16.5. The van der Waals surface area contributed by atoms with E-state index in [0.29, 0.717) is 17.3 Å². The standard InChI is InChI=1S/C20H20N2O3/c1-20(2,3)16-11-9-14(10-12-16)18-22-21-17(25-18)13-5-7-15(8-6-13)19(23)24-4/h5-12H,1-4H3. The monoisotopic (exact) mass is 336 g/mol. The van der Waals surface area contributed by atoms with Gasteiger partial charge in [0.1, 0.15) is 0 Å². The maximum absolute atomic E-state index is 11.5. The number of aromatic nitrogens is 2. The van der Waals surface area contributed by atoms with Gasteiger partial charge in [0.05, 0.1) is 12.7 Å². The van der Waals surface area contributed by atoms with Crippen molar-refractivity contribution in [3.63, 3.8) is 0 Å². The molecule has 1 heterocycles. The van der Waals surface area contributed by atoms with E-state index in [1.165, 1.54) is 12.7 Å². The zero-order valence-corrected chi connectivity index (χ0v) is 14.7. The van der Waals surface area contributed by atoms with Gasteiger partial charge in [-0.25, -0.2) is 4.79 Å². The maximum Gasteiger partial charge on any atom is 0.337 e. The van der Waals surface area contributed by atoms with Crippen LogP contribution in [0.25, 0.3) is 22.9 Å². The van der Waals surface area contributed by atoms with Crippen LogP contribution < -0.4 is 0 Å². The molecule has 0 radical (unpaired) electrons. The van der Waals surface area contributed by atoms with Gasteiger partial charge in [-0.15, -0.1) is 10.2 Å². The summed E-state index contributed by atoms with van der Waals surface area (Å²) in [5.74, 6) is 0.496. The number of nitrogens with zero attached hydrogens (tertiary/aromatic N) is 2. The maximum atomic E-state index is 11.5. The highest BCUT2D eigenvalue weighted by Crippen LogP contribution is 2.27. The highest BCUT2D eigenvalue weighted by Gasteiger charge is 2.15. The Balaban J connectivity index is 1.84. The third-order valence-corrected chi connectivity index (χ3v) is 3.98. The van der Waals surface area contributed by atoms with Crippen LogP contribution in [0, 0.1) is 0 Å². The molecule has 5 heteroatoms. The summed E-state index contributed by atoms with van der Waals surface area (Å²) >= 11 is 0. The third kappa shape index (κ3) is 3.60. The Labute approximate surface area is 146 Å². The van der Waals surface area contributed by atoms with Gasteiger partial charge in [-0.2, -0.15) is 0 Å². The van der Waals surface area contributed by atoms with Crippen molar-refractivity contribution < 1.29 is 13.9 Å². The fraction of sp³-hybridized carbons (Fsp3) is 0.250. The van der Waals surface area contributed by atoms with E-state index in [2.05, 4.69) is 47.8 Å². The molecule has 0 amide bonds. The molecule has 128 valence electrons. The zero-order valence-electron chi connectivity index (χ0n) is 14.7. The molecule has 0 N–H and O–H groups in total. The average molecular weight is 336 g/mol. The molecule has 0 aliphatic rings. The number of methoxy groups -OCH3 is 1. The molecule has 0 unspecified atom stereocenters. The van der Waals surface area contributed by atoms with Crippen LogP contribution in [-0.2, 0) is 10.2 Å². The number of carbonyl (C=O) groups is 1. The van der Waals surface area contributed by atoms with Crippen LogP contribution in [-0.4, -0.2) is 23.3 Å². The molecule has 25 heavy (non-hydrogen) atoms. The van der Waals surface area contributed by atoms with E-state index in [-0.39, 0.29) is 11.4 Å². The average Bonchev–Trinajstić information content (AvgIpc) is 3.10. The molecule has 3 rings (SSSR count). The van der Waals surface area contributed by atoms with Gasteiger partial charge in [-0.1, -0.05) is 32.9 Å².